The largest absolute Gasteiger partial charge is 0.396 e. The van der Waals surface area contributed by atoms with Crippen molar-refractivity contribution >= 4 is 27.5 Å². The smallest absolute Gasteiger partial charge is 0.222 e. The quantitative estimate of drug-likeness (QED) is 0.851. The number of fused-ring (bicyclic) bond motifs is 4. The van der Waals surface area contributed by atoms with Crippen molar-refractivity contribution < 1.29 is 9.90 Å². The molecule has 0 saturated carbocycles. The first kappa shape index (κ1) is 17.7. The van der Waals surface area contributed by atoms with Crippen LogP contribution in [-0.2, 0) is 4.79 Å². The fourth-order valence-corrected chi connectivity index (χ4v) is 4.61. The molecule has 132 valence electrons. The number of hydrogen-bond acceptors (Lipinski definition) is 3. The van der Waals surface area contributed by atoms with Gasteiger partial charge in [-0.3, -0.25) is 4.79 Å². The maximum atomic E-state index is 12.5. The Morgan fingerprint density at radius 1 is 1.25 bits per heavy atom. The summed E-state index contributed by atoms with van der Waals surface area (Å²) in [4.78, 5) is 17.1. The van der Waals surface area contributed by atoms with Crippen LogP contribution in [0.4, 0.5) is 5.69 Å². The zero-order valence-electron chi connectivity index (χ0n) is 14.5. The van der Waals surface area contributed by atoms with Gasteiger partial charge in [-0.25, -0.2) is 0 Å². The Labute approximate surface area is 153 Å². The summed E-state index contributed by atoms with van der Waals surface area (Å²) in [6.45, 7) is 7.39. The number of carbonyl (C=O) groups is 1. The first-order valence-electron chi connectivity index (χ1n) is 8.81. The predicted molar refractivity (Wildman–Crippen MR) is 100 cm³/mol. The van der Waals surface area contributed by atoms with Gasteiger partial charge in [0.1, 0.15) is 0 Å². The molecule has 0 aromatic heterocycles. The Morgan fingerprint density at radius 3 is 2.62 bits per heavy atom. The van der Waals surface area contributed by atoms with Gasteiger partial charge in [0.2, 0.25) is 5.91 Å². The topological polar surface area (TPSA) is 43.8 Å². The Hall–Kier alpha value is -1.07. The van der Waals surface area contributed by atoms with Gasteiger partial charge in [0.25, 0.3) is 0 Å². The summed E-state index contributed by atoms with van der Waals surface area (Å²) >= 11 is 3.51. The van der Waals surface area contributed by atoms with Gasteiger partial charge in [0, 0.05) is 42.8 Å². The van der Waals surface area contributed by atoms with Gasteiger partial charge in [-0.2, -0.15) is 0 Å². The van der Waals surface area contributed by atoms with Crippen molar-refractivity contribution in [3.05, 3.63) is 28.7 Å². The molecule has 1 amide bonds. The Bertz CT molecular complexity index is 588. The molecule has 0 radical (unpaired) electrons. The standard InChI is InChI=1S/C19H27BrN2O2/c1-19(2)10-14-11-21(18(24)4-3-9-23)13-17(19)22(12-14)16-7-5-15(20)6-8-16/h5-8,14,17,23H,3-4,9-13H2,1-2H3/t14-,17-/m1/s1. The highest BCUT2D eigenvalue weighted by Gasteiger charge is 2.46. The molecule has 0 spiro atoms. The lowest BCUT2D eigenvalue weighted by atomic mass is 9.73. The highest BCUT2D eigenvalue weighted by atomic mass is 79.9. The van der Waals surface area contributed by atoms with Crippen molar-refractivity contribution in [2.24, 2.45) is 11.3 Å². The highest BCUT2D eigenvalue weighted by molar-refractivity contribution is 9.10. The van der Waals surface area contributed by atoms with Crippen molar-refractivity contribution in [3.63, 3.8) is 0 Å². The molecule has 1 aromatic carbocycles. The van der Waals surface area contributed by atoms with E-state index in [1.165, 1.54) is 5.69 Å². The van der Waals surface area contributed by atoms with E-state index in [-0.39, 0.29) is 17.9 Å². The van der Waals surface area contributed by atoms with Crippen molar-refractivity contribution in [3.8, 4) is 0 Å². The van der Waals surface area contributed by atoms with E-state index in [0.29, 0.717) is 24.8 Å². The second kappa shape index (κ2) is 7.04. The summed E-state index contributed by atoms with van der Waals surface area (Å²) in [7, 11) is 0. The molecule has 1 aromatic rings. The van der Waals surface area contributed by atoms with E-state index in [1.807, 2.05) is 4.90 Å². The van der Waals surface area contributed by atoms with E-state index in [2.05, 4.69) is 58.9 Å². The van der Waals surface area contributed by atoms with E-state index < -0.39 is 0 Å². The molecular weight excluding hydrogens is 368 g/mol. The lowest BCUT2D eigenvalue weighted by molar-refractivity contribution is -0.131. The van der Waals surface area contributed by atoms with Crippen LogP contribution in [0.5, 0.6) is 0 Å². The molecule has 5 heteroatoms. The molecule has 2 atom stereocenters. The van der Waals surface area contributed by atoms with E-state index in [0.717, 1.165) is 30.5 Å². The van der Waals surface area contributed by atoms with Crippen LogP contribution in [0.1, 0.15) is 33.1 Å². The van der Waals surface area contributed by atoms with Gasteiger partial charge in [-0.05, 0) is 48.4 Å². The summed E-state index contributed by atoms with van der Waals surface area (Å²) < 4.78 is 1.09. The van der Waals surface area contributed by atoms with Crippen LogP contribution in [0.25, 0.3) is 0 Å². The van der Waals surface area contributed by atoms with Gasteiger partial charge in [-0.15, -0.1) is 0 Å². The number of aliphatic hydroxyl groups excluding tert-OH is 1. The van der Waals surface area contributed by atoms with Gasteiger partial charge in [0.15, 0.2) is 0 Å². The normalized spacial score (nSPS) is 25.7. The summed E-state index contributed by atoms with van der Waals surface area (Å²) in [5, 5.41) is 9.00. The summed E-state index contributed by atoms with van der Waals surface area (Å²) in [5.41, 5.74) is 1.42. The van der Waals surface area contributed by atoms with Crippen molar-refractivity contribution in [2.75, 3.05) is 31.1 Å². The average Bonchev–Trinajstić information content (AvgIpc) is 2.80. The van der Waals surface area contributed by atoms with Gasteiger partial charge in [0.05, 0.1) is 6.04 Å². The molecule has 3 saturated heterocycles. The molecule has 0 unspecified atom stereocenters. The first-order chi connectivity index (χ1) is 11.4. The Kier molecular flexibility index (Phi) is 5.21. The second-order valence-electron chi connectivity index (χ2n) is 7.83. The number of anilines is 1. The van der Waals surface area contributed by atoms with Gasteiger partial charge in [-0.1, -0.05) is 29.8 Å². The number of benzene rings is 1. The maximum absolute atomic E-state index is 12.5. The summed E-state index contributed by atoms with van der Waals surface area (Å²) in [6.07, 6.45) is 2.17. The van der Waals surface area contributed by atoms with E-state index in [4.69, 9.17) is 5.11 Å². The minimum atomic E-state index is 0.0863. The third kappa shape index (κ3) is 3.62. The molecule has 1 N–H and O–H groups in total. The molecule has 24 heavy (non-hydrogen) atoms. The lowest BCUT2D eigenvalue weighted by Gasteiger charge is -2.48. The third-order valence-electron chi connectivity index (χ3n) is 5.48. The molecule has 3 aliphatic rings. The highest BCUT2D eigenvalue weighted by Crippen LogP contribution is 2.43. The SMILES string of the molecule is CC1(C)C[C@@H]2CN(C(=O)CCCO)C[C@H]1N(c1ccc(Br)cc1)C2. The monoisotopic (exact) mass is 394 g/mol. The minimum Gasteiger partial charge on any atom is -0.396 e. The van der Waals surface area contributed by atoms with Crippen LogP contribution in [0.15, 0.2) is 28.7 Å². The van der Waals surface area contributed by atoms with E-state index in [1.54, 1.807) is 0 Å². The molecule has 3 aliphatic heterocycles. The number of nitrogens with zero attached hydrogens (tertiary/aromatic N) is 2. The van der Waals surface area contributed by atoms with Crippen molar-refractivity contribution in [1.82, 2.24) is 4.90 Å². The fourth-order valence-electron chi connectivity index (χ4n) is 4.34. The van der Waals surface area contributed by atoms with Crippen molar-refractivity contribution in [1.29, 1.82) is 0 Å². The second-order valence-corrected chi connectivity index (χ2v) is 8.74. The summed E-state index contributed by atoms with van der Waals surface area (Å²) in [6, 6.07) is 8.84. The van der Waals surface area contributed by atoms with E-state index in [9.17, 15) is 4.79 Å². The molecular formula is C19H27BrN2O2. The zero-order valence-corrected chi connectivity index (χ0v) is 16.1. The third-order valence-corrected chi connectivity index (χ3v) is 6.01. The van der Waals surface area contributed by atoms with Crippen LogP contribution in [0.3, 0.4) is 0 Å². The number of carbonyl (C=O) groups excluding carboxylic acids is 1. The maximum Gasteiger partial charge on any atom is 0.222 e. The lowest BCUT2D eigenvalue weighted by Crippen LogP contribution is -2.54. The number of rotatable bonds is 4. The predicted octanol–water partition coefficient (Wildman–Crippen LogP) is 3.28. The van der Waals surface area contributed by atoms with Gasteiger partial charge < -0.3 is 14.9 Å². The van der Waals surface area contributed by atoms with Crippen LogP contribution >= 0.6 is 15.9 Å². The van der Waals surface area contributed by atoms with Crippen LogP contribution in [0.2, 0.25) is 0 Å². The number of halogens is 1. The molecule has 3 fully saturated rings. The van der Waals surface area contributed by atoms with E-state index >= 15 is 0 Å². The summed E-state index contributed by atoms with van der Waals surface area (Å²) in [5.74, 6) is 0.690. The Morgan fingerprint density at radius 2 is 1.96 bits per heavy atom. The molecule has 4 nitrogen and oxygen atoms in total. The molecule has 0 aliphatic carbocycles. The van der Waals surface area contributed by atoms with Crippen LogP contribution in [0, 0.1) is 11.3 Å². The first-order valence-corrected chi connectivity index (χ1v) is 9.61. The molecule has 3 heterocycles. The Balaban J connectivity index is 1.84. The van der Waals surface area contributed by atoms with Gasteiger partial charge >= 0.3 is 0 Å². The molecule has 4 rings (SSSR count). The number of aliphatic hydroxyl groups is 1. The number of hydrogen-bond donors (Lipinski definition) is 1. The van der Waals surface area contributed by atoms with Crippen LogP contribution in [-0.4, -0.2) is 48.2 Å². The zero-order chi connectivity index (χ0) is 17.3. The van der Waals surface area contributed by atoms with Crippen LogP contribution < -0.4 is 4.90 Å². The number of amides is 1. The molecule has 2 bridgehead atoms. The average molecular weight is 395 g/mol. The fraction of sp³-hybridized carbons (Fsp3) is 0.632. The van der Waals surface area contributed by atoms with Crippen molar-refractivity contribution in [2.45, 2.75) is 39.2 Å². The minimum absolute atomic E-state index is 0.0863. The number of piperidine rings is 1.